The van der Waals surface area contributed by atoms with Gasteiger partial charge in [0.1, 0.15) is 12.0 Å². The zero-order valence-electron chi connectivity index (χ0n) is 15.1. The van der Waals surface area contributed by atoms with E-state index in [9.17, 15) is 14.4 Å². The lowest BCUT2D eigenvalue weighted by Gasteiger charge is -2.22. The highest BCUT2D eigenvalue weighted by Gasteiger charge is 2.55. The van der Waals surface area contributed by atoms with Crippen LogP contribution < -0.4 is 14.2 Å². The van der Waals surface area contributed by atoms with Crippen LogP contribution in [-0.2, 0) is 28.6 Å². The van der Waals surface area contributed by atoms with Crippen molar-refractivity contribution in [3.63, 3.8) is 0 Å². The summed E-state index contributed by atoms with van der Waals surface area (Å²) >= 11 is 0. The second-order valence-electron chi connectivity index (χ2n) is 5.33. The average molecular weight is 368 g/mol. The number of carbonyl (C=O) groups excluding carboxylic acids is 3. The molecule has 9 nitrogen and oxygen atoms in total. The Morgan fingerprint density at radius 1 is 0.885 bits per heavy atom. The first-order valence-corrected chi connectivity index (χ1v) is 7.60. The molecular weight excluding hydrogens is 348 g/mol. The van der Waals surface area contributed by atoms with E-state index in [1.54, 1.807) is 12.1 Å². The Labute approximate surface area is 150 Å². The maximum absolute atomic E-state index is 12.3. The Hall–Kier alpha value is -2.97. The van der Waals surface area contributed by atoms with Gasteiger partial charge in [-0.3, -0.25) is 14.4 Å². The van der Waals surface area contributed by atoms with Gasteiger partial charge in [-0.2, -0.15) is 0 Å². The van der Waals surface area contributed by atoms with E-state index in [0.717, 1.165) is 14.2 Å². The Kier molecular flexibility index (Phi) is 5.91. The molecule has 1 saturated heterocycles. The van der Waals surface area contributed by atoms with Crippen LogP contribution in [0.25, 0.3) is 0 Å². The van der Waals surface area contributed by atoms with Crippen LogP contribution in [0.2, 0.25) is 0 Å². The second-order valence-corrected chi connectivity index (χ2v) is 5.33. The van der Waals surface area contributed by atoms with Crippen molar-refractivity contribution in [2.75, 3.05) is 35.5 Å². The standard InChI is InChI=1S/C17H20O9/c1-21-9-7-6-8(13(22-2)14(9)23-3)12-10(15(18)24-4)11(16(19)25-5)17(20)26-12/h6-7,10-12H,1-5H3/t10?,11-,12-/m0/s1. The van der Waals surface area contributed by atoms with Gasteiger partial charge in [0.15, 0.2) is 17.4 Å². The van der Waals surface area contributed by atoms with E-state index in [-0.39, 0.29) is 11.5 Å². The molecule has 0 bridgehead atoms. The van der Waals surface area contributed by atoms with Crippen molar-refractivity contribution >= 4 is 17.9 Å². The van der Waals surface area contributed by atoms with Crippen molar-refractivity contribution in [1.29, 1.82) is 0 Å². The van der Waals surface area contributed by atoms with Crippen molar-refractivity contribution in [2.45, 2.75) is 6.10 Å². The monoisotopic (exact) mass is 368 g/mol. The Morgan fingerprint density at radius 3 is 2.00 bits per heavy atom. The lowest BCUT2D eigenvalue weighted by Crippen LogP contribution is -2.33. The molecule has 3 atom stereocenters. The molecule has 1 aromatic rings. The number of benzene rings is 1. The highest BCUT2D eigenvalue weighted by Crippen LogP contribution is 2.49. The van der Waals surface area contributed by atoms with Crippen molar-refractivity contribution in [1.82, 2.24) is 0 Å². The largest absolute Gasteiger partial charge is 0.493 e. The summed E-state index contributed by atoms with van der Waals surface area (Å²) in [5.74, 6) is -4.36. The number of hydrogen-bond donors (Lipinski definition) is 0. The number of ether oxygens (including phenoxy) is 6. The molecule has 26 heavy (non-hydrogen) atoms. The third-order valence-corrected chi connectivity index (χ3v) is 4.15. The van der Waals surface area contributed by atoms with E-state index in [0.29, 0.717) is 11.3 Å². The minimum Gasteiger partial charge on any atom is -0.493 e. The zero-order valence-corrected chi connectivity index (χ0v) is 15.1. The number of rotatable bonds is 6. The van der Waals surface area contributed by atoms with E-state index in [4.69, 9.17) is 23.7 Å². The summed E-state index contributed by atoms with van der Waals surface area (Å²) < 4.78 is 30.6. The summed E-state index contributed by atoms with van der Waals surface area (Å²) in [5, 5.41) is 0. The number of hydrogen-bond acceptors (Lipinski definition) is 9. The van der Waals surface area contributed by atoms with Gasteiger partial charge in [-0.25, -0.2) is 0 Å². The topological polar surface area (TPSA) is 107 Å². The molecule has 1 aliphatic rings. The molecule has 0 radical (unpaired) electrons. The van der Waals surface area contributed by atoms with Crippen LogP contribution in [0.5, 0.6) is 17.2 Å². The molecule has 1 heterocycles. The zero-order chi connectivity index (χ0) is 19.4. The van der Waals surface area contributed by atoms with Crippen LogP contribution in [0.1, 0.15) is 11.7 Å². The summed E-state index contributed by atoms with van der Waals surface area (Å²) in [4.78, 5) is 36.5. The first-order valence-electron chi connectivity index (χ1n) is 7.60. The van der Waals surface area contributed by atoms with E-state index in [1.165, 1.54) is 21.3 Å². The van der Waals surface area contributed by atoms with Gasteiger partial charge in [-0.05, 0) is 12.1 Å². The molecule has 0 amide bonds. The highest BCUT2D eigenvalue weighted by atomic mass is 16.6. The lowest BCUT2D eigenvalue weighted by atomic mass is 9.86. The average Bonchev–Trinajstić information content (AvgIpc) is 3.01. The normalized spacial score (nSPS) is 21.6. The van der Waals surface area contributed by atoms with Crippen LogP contribution >= 0.6 is 0 Å². The molecule has 0 N–H and O–H groups in total. The molecule has 0 spiro atoms. The number of carbonyl (C=O) groups is 3. The van der Waals surface area contributed by atoms with Crippen LogP contribution in [0.15, 0.2) is 12.1 Å². The van der Waals surface area contributed by atoms with E-state index < -0.39 is 35.8 Å². The summed E-state index contributed by atoms with van der Waals surface area (Å²) in [6, 6.07) is 3.14. The fourth-order valence-electron chi connectivity index (χ4n) is 2.96. The predicted octanol–water partition coefficient (Wildman–Crippen LogP) is 0.889. The maximum atomic E-state index is 12.3. The van der Waals surface area contributed by atoms with Crippen LogP contribution in [0, 0.1) is 11.8 Å². The minimum atomic E-state index is -1.43. The molecule has 0 saturated carbocycles. The summed E-state index contributed by atoms with van der Waals surface area (Å²) in [6.45, 7) is 0. The summed E-state index contributed by atoms with van der Waals surface area (Å²) in [6.07, 6.45) is -1.12. The smallest absolute Gasteiger partial charge is 0.322 e. The van der Waals surface area contributed by atoms with Crippen molar-refractivity contribution < 1.29 is 42.8 Å². The van der Waals surface area contributed by atoms with Gasteiger partial charge in [0.05, 0.1) is 35.5 Å². The minimum absolute atomic E-state index is 0.212. The van der Waals surface area contributed by atoms with Crippen LogP contribution in [0.4, 0.5) is 0 Å². The van der Waals surface area contributed by atoms with Crippen molar-refractivity contribution in [2.24, 2.45) is 11.8 Å². The fraction of sp³-hybridized carbons (Fsp3) is 0.471. The number of cyclic esters (lactones) is 1. The number of methoxy groups -OCH3 is 5. The SMILES string of the molecule is COC(=O)C1[C@@H](C(=O)OC)C(=O)O[C@H]1c1ccc(OC)c(OC)c1OC. The van der Waals surface area contributed by atoms with E-state index in [1.807, 2.05) is 0 Å². The van der Waals surface area contributed by atoms with Gasteiger partial charge in [-0.15, -0.1) is 0 Å². The summed E-state index contributed by atoms with van der Waals surface area (Å²) in [5.41, 5.74) is 0.334. The van der Waals surface area contributed by atoms with Crippen LogP contribution in [-0.4, -0.2) is 53.5 Å². The molecule has 142 valence electrons. The quantitative estimate of drug-likeness (QED) is 0.411. The van der Waals surface area contributed by atoms with Crippen molar-refractivity contribution in [3.8, 4) is 17.2 Å². The third kappa shape index (κ3) is 3.12. The van der Waals surface area contributed by atoms with Gasteiger partial charge in [0, 0.05) is 5.56 Å². The molecule has 0 aromatic heterocycles. The molecule has 1 aromatic carbocycles. The Morgan fingerprint density at radius 2 is 1.50 bits per heavy atom. The van der Waals surface area contributed by atoms with Gasteiger partial charge in [0.2, 0.25) is 5.75 Å². The fourth-order valence-corrected chi connectivity index (χ4v) is 2.96. The first kappa shape index (κ1) is 19.4. The Bertz CT molecular complexity index is 712. The predicted molar refractivity (Wildman–Crippen MR) is 85.9 cm³/mol. The van der Waals surface area contributed by atoms with Gasteiger partial charge >= 0.3 is 17.9 Å². The first-order chi connectivity index (χ1) is 12.4. The second kappa shape index (κ2) is 7.94. The lowest BCUT2D eigenvalue weighted by molar-refractivity contribution is -0.159. The molecule has 1 aliphatic heterocycles. The van der Waals surface area contributed by atoms with Crippen LogP contribution in [0.3, 0.4) is 0 Å². The van der Waals surface area contributed by atoms with Gasteiger partial charge in [0.25, 0.3) is 0 Å². The van der Waals surface area contributed by atoms with Gasteiger partial charge in [-0.1, -0.05) is 0 Å². The summed E-state index contributed by atoms with van der Waals surface area (Å²) in [7, 11) is 6.54. The molecule has 0 aliphatic carbocycles. The third-order valence-electron chi connectivity index (χ3n) is 4.15. The molecule has 1 unspecified atom stereocenters. The molecule has 9 heteroatoms. The maximum Gasteiger partial charge on any atom is 0.322 e. The molecule has 1 fully saturated rings. The Balaban J connectivity index is 2.60. The van der Waals surface area contributed by atoms with Crippen molar-refractivity contribution in [3.05, 3.63) is 17.7 Å². The van der Waals surface area contributed by atoms with E-state index >= 15 is 0 Å². The van der Waals surface area contributed by atoms with Gasteiger partial charge < -0.3 is 28.4 Å². The highest BCUT2D eigenvalue weighted by molar-refractivity contribution is 6.01. The molecular formula is C17H20O9. The van der Waals surface area contributed by atoms with E-state index in [2.05, 4.69) is 4.74 Å². The molecule has 2 rings (SSSR count). The number of esters is 3.